The Balaban J connectivity index is 1.83. The van der Waals surface area contributed by atoms with Crippen molar-refractivity contribution < 1.29 is 27.2 Å². The van der Waals surface area contributed by atoms with Crippen LogP contribution < -0.4 is 21.5 Å². The monoisotopic (exact) mass is 531 g/mol. The first-order valence-electron chi connectivity index (χ1n) is 11.7. The number of nitrogens with two attached hydrogens (primary N) is 1. The fraction of sp³-hybridized carbons (Fsp3) is 0.269. The lowest BCUT2D eigenvalue weighted by Gasteiger charge is -2.39. The van der Waals surface area contributed by atoms with Crippen LogP contribution in [0.25, 0.3) is 11.1 Å². The standard InChI is InChI=1S/C26H25F4N5O3/c1-13-12-35(6-5-34(13)2)22-10-20(28)15(14-3-4-19(27)17(7-14)25(31)37)8-21(22)33-26(38)18-11-32-23(36)9-16(18)24(29)30/h3-4,7-11,13,24H,5-6,12H2,1-2H3,(H2,31,37)(H,32,36)(H,33,38)/t13-/m0/s1. The quantitative estimate of drug-likeness (QED) is 0.420. The van der Waals surface area contributed by atoms with Crippen LogP contribution in [-0.4, -0.2) is 54.4 Å². The average molecular weight is 532 g/mol. The number of pyridine rings is 1. The molecule has 0 aliphatic carbocycles. The number of carbonyl (C=O) groups excluding carboxylic acids is 2. The largest absolute Gasteiger partial charge is 0.367 e. The minimum Gasteiger partial charge on any atom is -0.367 e. The normalized spacial score (nSPS) is 16.1. The van der Waals surface area contributed by atoms with Gasteiger partial charge in [0, 0.05) is 49.1 Å². The molecule has 1 aromatic heterocycles. The van der Waals surface area contributed by atoms with E-state index in [1.54, 1.807) is 0 Å². The maximum Gasteiger partial charge on any atom is 0.264 e. The molecule has 3 aromatic rings. The molecule has 1 aliphatic heterocycles. The maximum atomic E-state index is 15.5. The summed E-state index contributed by atoms with van der Waals surface area (Å²) in [5.74, 6) is -3.59. The third-order valence-electron chi connectivity index (χ3n) is 6.61. The van der Waals surface area contributed by atoms with Crippen molar-refractivity contribution in [2.24, 2.45) is 5.73 Å². The summed E-state index contributed by atoms with van der Waals surface area (Å²) in [5, 5.41) is 2.57. The van der Waals surface area contributed by atoms with E-state index in [9.17, 15) is 27.6 Å². The van der Waals surface area contributed by atoms with Gasteiger partial charge in [-0.15, -0.1) is 0 Å². The predicted octanol–water partition coefficient (Wildman–Crippen LogP) is 3.75. The number of nitrogens with one attached hydrogen (secondary N) is 2. The van der Waals surface area contributed by atoms with Gasteiger partial charge in [0.2, 0.25) is 5.56 Å². The second kappa shape index (κ2) is 10.7. The molecule has 38 heavy (non-hydrogen) atoms. The Morgan fingerprint density at radius 2 is 1.82 bits per heavy atom. The highest BCUT2D eigenvalue weighted by Gasteiger charge is 2.26. The van der Waals surface area contributed by atoms with Crippen molar-refractivity contribution in [2.45, 2.75) is 19.4 Å². The number of amides is 2. The molecular weight excluding hydrogens is 506 g/mol. The molecule has 2 aromatic carbocycles. The molecule has 12 heteroatoms. The molecule has 2 heterocycles. The maximum absolute atomic E-state index is 15.5. The van der Waals surface area contributed by atoms with Crippen LogP contribution in [0.1, 0.15) is 39.6 Å². The predicted molar refractivity (Wildman–Crippen MR) is 135 cm³/mol. The summed E-state index contributed by atoms with van der Waals surface area (Å²) in [5.41, 5.74) is 3.21. The number of likely N-dealkylation sites (N-methyl/N-ethyl adjacent to an activating group) is 1. The second-order valence-corrected chi connectivity index (χ2v) is 9.10. The van der Waals surface area contributed by atoms with Crippen LogP contribution in [0, 0.1) is 11.6 Å². The molecule has 1 saturated heterocycles. The van der Waals surface area contributed by atoms with Crippen molar-refractivity contribution in [3.8, 4) is 11.1 Å². The molecule has 8 nitrogen and oxygen atoms in total. The Morgan fingerprint density at radius 1 is 1.08 bits per heavy atom. The minimum atomic E-state index is -3.09. The van der Waals surface area contributed by atoms with Crippen LogP contribution in [0.3, 0.4) is 0 Å². The van der Waals surface area contributed by atoms with E-state index >= 15 is 4.39 Å². The summed E-state index contributed by atoms with van der Waals surface area (Å²) < 4.78 is 56.6. The Labute approximate surface area is 215 Å². The molecule has 1 atom stereocenters. The van der Waals surface area contributed by atoms with Gasteiger partial charge >= 0.3 is 0 Å². The fourth-order valence-corrected chi connectivity index (χ4v) is 4.35. The number of primary amides is 1. The van der Waals surface area contributed by atoms with E-state index in [1.165, 1.54) is 18.2 Å². The first-order valence-corrected chi connectivity index (χ1v) is 11.7. The van der Waals surface area contributed by atoms with E-state index < -0.39 is 52.1 Å². The van der Waals surface area contributed by atoms with Crippen LogP contribution in [-0.2, 0) is 0 Å². The summed E-state index contributed by atoms with van der Waals surface area (Å²) in [6.07, 6.45) is -2.20. The second-order valence-electron chi connectivity index (χ2n) is 9.10. The lowest BCUT2D eigenvalue weighted by Crippen LogP contribution is -2.50. The molecule has 0 radical (unpaired) electrons. The van der Waals surface area contributed by atoms with Gasteiger partial charge in [0.25, 0.3) is 18.2 Å². The number of carbonyl (C=O) groups is 2. The lowest BCUT2D eigenvalue weighted by molar-refractivity contribution is 0.0993. The van der Waals surface area contributed by atoms with E-state index in [1.807, 2.05) is 18.9 Å². The van der Waals surface area contributed by atoms with E-state index in [0.29, 0.717) is 31.4 Å². The molecule has 200 valence electrons. The van der Waals surface area contributed by atoms with Crippen LogP contribution in [0.15, 0.2) is 47.4 Å². The average Bonchev–Trinajstić information content (AvgIpc) is 2.86. The van der Waals surface area contributed by atoms with E-state index in [4.69, 9.17) is 5.73 Å². The Morgan fingerprint density at radius 3 is 2.47 bits per heavy atom. The van der Waals surface area contributed by atoms with Crippen LogP contribution in [0.2, 0.25) is 0 Å². The highest BCUT2D eigenvalue weighted by Crippen LogP contribution is 2.36. The molecule has 0 unspecified atom stereocenters. The summed E-state index contributed by atoms with van der Waals surface area (Å²) in [4.78, 5) is 42.5. The van der Waals surface area contributed by atoms with Gasteiger partial charge in [-0.05, 0) is 43.8 Å². The molecule has 2 amide bonds. The van der Waals surface area contributed by atoms with Crippen molar-refractivity contribution in [3.05, 3.63) is 81.3 Å². The Kier molecular flexibility index (Phi) is 7.53. The number of hydrogen-bond donors (Lipinski definition) is 3. The van der Waals surface area contributed by atoms with Crippen molar-refractivity contribution in [1.82, 2.24) is 9.88 Å². The zero-order chi connectivity index (χ0) is 27.7. The molecule has 4 rings (SSSR count). The van der Waals surface area contributed by atoms with Crippen molar-refractivity contribution in [2.75, 3.05) is 36.9 Å². The van der Waals surface area contributed by atoms with Gasteiger partial charge < -0.3 is 25.8 Å². The van der Waals surface area contributed by atoms with Crippen molar-refractivity contribution in [1.29, 1.82) is 0 Å². The highest BCUT2D eigenvalue weighted by molar-refractivity contribution is 6.07. The lowest BCUT2D eigenvalue weighted by atomic mass is 9.99. The van der Waals surface area contributed by atoms with Crippen LogP contribution in [0.5, 0.6) is 0 Å². The van der Waals surface area contributed by atoms with Crippen LogP contribution in [0.4, 0.5) is 28.9 Å². The number of H-pyrrole nitrogens is 1. The van der Waals surface area contributed by atoms with Gasteiger partial charge in [-0.2, -0.15) is 0 Å². The van der Waals surface area contributed by atoms with Crippen molar-refractivity contribution in [3.63, 3.8) is 0 Å². The van der Waals surface area contributed by atoms with Gasteiger partial charge in [0.15, 0.2) is 0 Å². The van der Waals surface area contributed by atoms with E-state index in [-0.39, 0.29) is 22.9 Å². The SMILES string of the molecule is C[C@H]1CN(c2cc(F)c(-c3ccc(F)c(C(N)=O)c3)cc2NC(=O)c2c[nH]c(=O)cc2C(F)F)CCN1C. The number of rotatable bonds is 6. The molecule has 0 bridgehead atoms. The number of alkyl halides is 2. The number of hydrogen-bond acceptors (Lipinski definition) is 5. The van der Waals surface area contributed by atoms with Gasteiger partial charge in [-0.3, -0.25) is 14.4 Å². The van der Waals surface area contributed by atoms with Gasteiger partial charge in [-0.1, -0.05) is 6.07 Å². The van der Waals surface area contributed by atoms with E-state index in [2.05, 4.69) is 15.2 Å². The first-order chi connectivity index (χ1) is 18.0. The molecule has 0 saturated carbocycles. The minimum absolute atomic E-state index is 0.0794. The number of aromatic amines is 1. The first kappa shape index (κ1) is 26.9. The smallest absolute Gasteiger partial charge is 0.264 e. The van der Waals surface area contributed by atoms with E-state index in [0.717, 1.165) is 18.3 Å². The summed E-state index contributed by atoms with van der Waals surface area (Å²) in [6, 6.07) is 6.53. The van der Waals surface area contributed by atoms with Gasteiger partial charge in [-0.25, -0.2) is 17.6 Å². The molecule has 4 N–H and O–H groups in total. The fourth-order valence-electron chi connectivity index (χ4n) is 4.35. The van der Waals surface area contributed by atoms with Gasteiger partial charge in [0.05, 0.1) is 22.5 Å². The number of halogens is 4. The zero-order valence-electron chi connectivity index (χ0n) is 20.5. The molecular formula is C26H25F4N5O3. The summed E-state index contributed by atoms with van der Waals surface area (Å²) in [6.45, 7) is 3.61. The number of aromatic nitrogens is 1. The third kappa shape index (κ3) is 5.40. The Bertz CT molecular complexity index is 1460. The number of piperazine rings is 1. The summed E-state index contributed by atoms with van der Waals surface area (Å²) >= 11 is 0. The number of benzene rings is 2. The highest BCUT2D eigenvalue weighted by atomic mass is 19.3. The number of nitrogens with zero attached hydrogens (tertiary/aromatic N) is 2. The number of anilines is 2. The molecule has 1 aliphatic rings. The van der Waals surface area contributed by atoms with Crippen LogP contribution >= 0.6 is 0 Å². The van der Waals surface area contributed by atoms with Gasteiger partial charge in [0.1, 0.15) is 11.6 Å². The molecule has 0 spiro atoms. The molecule has 1 fully saturated rings. The van der Waals surface area contributed by atoms with Crippen molar-refractivity contribution >= 4 is 23.2 Å². The zero-order valence-corrected chi connectivity index (χ0v) is 20.5. The summed E-state index contributed by atoms with van der Waals surface area (Å²) in [7, 11) is 1.95. The topological polar surface area (TPSA) is 112 Å². The Hall–Kier alpha value is -4.19. The third-order valence-corrected chi connectivity index (χ3v) is 6.61.